The summed E-state index contributed by atoms with van der Waals surface area (Å²) in [6.45, 7) is 1.48. The summed E-state index contributed by atoms with van der Waals surface area (Å²) in [5.41, 5.74) is 0. The molecule has 0 aliphatic rings. The molecule has 0 aromatic carbocycles. The summed E-state index contributed by atoms with van der Waals surface area (Å²) in [5.74, 6) is -1.69. The zero-order valence-corrected chi connectivity index (χ0v) is 13.3. The number of hydrogen-bond donors (Lipinski definition) is 2. The molecule has 0 heterocycles. The highest BCUT2D eigenvalue weighted by atomic mass is 16.5. The first kappa shape index (κ1) is 20.6. The molecule has 0 saturated heterocycles. The Kier molecular flexibility index (Phi) is 13.6. The SMILES string of the molecule is CCCCC/C=C/CC(CC(=O)OCCO)C(=O)OCCO. The molecular formula is C16H28O6. The van der Waals surface area contributed by atoms with Crippen LogP contribution in [0.2, 0.25) is 0 Å². The number of carbonyl (C=O) groups is 2. The second-order valence-electron chi connectivity index (χ2n) is 4.94. The van der Waals surface area contributed by atoms with Crippen LogP contribution in [-0.4, -0.2) is 48.6 Å². The minimum Gasteiger partial charge on any atom is -0.463 e. The Morgan fingerprint density at radius 2 is 1.73 bits per heavy atom. The lowest BCUT2D eigenvalue weighted by Crippen LogP contribution is -2.23. The maximum atomic E-state index is 11.9. The molecule has 0 saturated carbocycles. The Morgan fingerprint density at radius 1 is 1.05 bits per heavy atom. The van der Waals surface area contributed by atoms with Gasteiger partial charge in [0, 0.05) is 0 Å². The third-order valence-corrected chi connectivity index (χ3v) is 3.00. The van der Waals surface area contributed by atoms with Gasteiger partial charge in [-0.05, 0) is 19.3 Å². The number of aliphatic hydroxyl groups is 2. The number of rotatable bonds is 13. The van der Waals surface area contributed by atoms with Crippen molar-refractivity contribution in [1.29, 1.82) is 0 Å². The van der Waals surface area contributed by atoms with E-state index in [2.05, 4.69) is 6.92 Å². The van der Waals surface area contributed by atoms with Crippen LogP contribution in [0.5, 0.6) is 0 Å². The fourth-order valence-corrected chi connectivity index (χ4v) is 1.84. The molecule has 0 spiro atoms. The lowest BCUT2D eigenvalue weighted by Gasteiger charge is -2.13. The van der Waals surface area contributed by atoms with Gasteiger partial charge in [-0.25, -0.2) is 0 Å². The van der Waals surface area contributed by atoms with Gasteiger partial charge in [0.05, 0.1) is 25.6 Å². The first-order valence-corrected chi connectivity index (χ1v) is 7.84. The number of carbonyl (C=O) groups excluding carboxylic acids is 2. The van der Waals surface area contributed by atoms with Crippen LogP contribution >= 0.6 is 0 Å². The number of unbranched alkanes of at least 4 members (excludes halogenated alkanes) is 3. The minimum atomic E-state index is -0.625. The van der Waals surface area contributed by atoms with E-state index in [0.717, 1.165) is 19.3 Å². The molecule has 1 unspecified atom stereocenters. The molecule has 128 valence electrons. The van der Waals surface area contributed by atoms with Crippen molar-refractivity contribution in [3.63, 3.8) is 0 Å². The summed E-state index contributed by atoms with van der Waals surface area (Å²) in [4.78, 5) is 23.4. The van der Waals surface area contributed by atoms with Gasteiger partial charge in [-0.2, -0.15) is 0 Å². The molecule has 0 aromatic rings. The maximum Gasteiger partial charge on any atom is 0.309 e. The zero-order valence-electron chi connectivity index (χ0n) is 13.3. The van der Waals surface area contributed by atoms with Crippen LogP contribution < -0.4 is 0 Å². The Hall–Kier alpha value is -1.40. The topological polar surface area (TPSA) is 93.1 Å². The molecule has 1 atom stereocenters. The maximum absolute atomic E-state index is 11.9. The highest BCUT2D eigenvalue weighted by Crippen LogP contribution is 2.14. The second kappa shape index (κ2) is 14.5. The van der Waals surface area contributed by atoms with E-state index in [1.165, 1.54) is 6.42 Å². The van der Waals surface area contributed by atoms with Gasteiger partial charge in [0.15, 0.2) is 0 Å². The van der Waals surface area contributed by atoms with Crippen LogP contribution in [0.25, 0.3) is 0 Å². The molecule has 0 amide bonds. The van der Waals surface area contributed by atoms with E-state index in [1.807, 2.05) is 12.2 Å². The van der Waals surface area contributed by atoms with Gasteiger partial charge in [-0.1, -0.05) is 31.9 Å². The lowest BCUT2D eigenvalue weighted by molar-refractivity contribution is -0.156. The summed E-state index contributed by atoms with van der Waals surface area (Å²) >= 11 is 0. The van der Waals surface area contributed by atoms with Crippen LogP contribution in [0, 0.1) is 5.92 Å². The standard InChI is InChI=1S/C16H28O6/c1-2-3-4-5-6-7-8-14(16(20)22-12-10-18)13-15(19)21-11-9-17/h6-7,14,17-18H,2-5,8-13H2,1H3/b7-6+. The average molecular weight is 316 g/mol. The molecule has 0 aromatic heterocycles. The van der Waals surface area contributed by atoms with E-state index >= 15 is 0 Å². The van der Waals surface area contributed by atoms with Crippen LogP contribution in [0.3, 0.4) is 0 Å². The summed E-state index contributed by atoms with van der Waals surface area (Å²) in [5, 5.41) is 17.3. The smallest absolute Gasteiger partial charge is 0.309 e. The lowest BCUT2D eigenvalue weighted by atomic mass is 10.0. The Balaban J connectivity index is 4.32. The Morgan fingerprint density at radius 3 is 2.36 bits per heavy atom. The highest BCUT2D eigenvalue weighted by molar-refractivity contribution is 5.80. The fourth-order valence-electron chi connectivity index (χ4n) is 1.84. The van der Waals surface area contributed by atoms with Crippen molar-refractivity contribution in [2.24, 2.45) is 5.92 Å². The van der Waals surface area contributed by atoms with Gasteiger partial charge in [-0.15, -0.1) is 0 Å². The molecule has 0 bridgehead atoms. The predicted octanol–water partition coefficient (Wildman–Crippen LogP) is 1.59. The second-order valence-corrected chi connectivity index (χ2v) is 4.94. The monoisotopic (exact) mass is 316 g/mol. The highest BCUT2D eigenvalue weighted by Gasteiger charge is 2.23. The quantitative estimate of drug-likeness (QED) is 0.304. The Bertz CT molecular complexity index is 327. The third-order valence-electron chi connectivity index (χ3n) is 3.00. The van der Waals surface area contributed by atoms with E-state index in [-0.39, 0.29) is 32.8 Å². The van der Waals surface area contributed by atoms with Gasteiger partial charge in [-0.3, -0.25) is 9.59 Å². The molecule has 6 heteroatoms. The van der Waals surface area contributed by atoms with Crippen molar-refractivity contribution in [2.45, 2.75) is 45.4 Å². The molecular weight excluding hydrogens is 288 g/mol. The van der Waals surface area contributed by atoms with Gasteiger partial charge in [0.1, 0.15) is 13.2 Å². The number of aliphatic hydroxyl groups excluding tert-OH is 2. The normalized spacial score (nSPS) is 12.3. The van der Waals surface area contributed by atoms with Crippen LogP contribution in [0.1, 0.15) is 45.4 Å². The average Bonchev–Trinajstić information content (AvgIpc) is 2.52. The molecule has 0 radical (unpaired) electrons. The van der Waals surface area contributed by atoms with E-state index in [9.17, 15) is 9.59 Å². The van der Waals surface area contributed by atoms with Gasteiger partial charge in [0.25, 0.3) is 0 Å². The van der Waals surface area contributed by atoms with Crippen molar-refractivity contribution in [2.75, 3.05) is 26.4 Å². The van der Waals surface area contributed by atoms with E-state index in [1.54, 1.807) is 0 Å². The molecule has 0 aliphatic carbocycles. The van der Waals surface area contributed by atoms with Crippen LogP contribution in [-0.2, 0) is 19.1 Å². The van der Waals surface area contributed by atoms with Crippen LogP contribution in [0.4, 0.5) is 0 Å². The number of esters is 2. The van der Waals surface area contributed by atoms with Crippen molar-refractivity contribution >= 4 is 11.9 Å². The summed E-state index contributed by atoms with van der Waals surface area (Å²) in [7, 11) is 0. The van der Waals surface area contributed by atoms with E-state index < -0.39 is 17.9 Å². The fraction of sp³-hybridized carbons (Fsp3) is 0.750. The molecule has 0 aliphatic heterocycles. The molecule has 0 rings (SSSR count). The number of hydrogen-bond acceptors (Lipinski definition) is 6. The first-order chi connectivity index (χ1) is 10.7. The first-order valence-electron chi connectivity index (χ1n) is 7.84. The Labute approximate surface area is 132 Å². The molecule has 0 fully saturated rings. The van der Waals surface area contributed by atoms with Gasteiger partial charge in [0.2, 0.25) is 0 Å². The van der Waals surface area contributed by atoms with Gasteiger partial charge >= 0.3 is 11.9 Å². The predicted molar refractivity (Wildman–Crippen MR) is 82.1 cm³/mol. The summed E-state index contributed by atoms with van der Waals surface area (Å²) in [6.07, 6.45) is 8.54. The molecule has 22 heavy (non-hydrogen) atoms. The van der Waals surface area contributed by atoms with Crippen LogP contribution in [0.15, 0.2) is 12.2 Å². The number of allylic oxidation sites excluding steroid dienone is 2. The summed E-state index contributed by atoms with van der Waals surface area (Å²) < 4.78 is 9.64. The molecule has 6 nitrogen and oxygen atoms in total. The van der Waals surface area contributed by atoms with E-state index in [4.69, 9.17) is 19.7 Å². The third kappa shape index (κ3) is 11.3. The van der Waals surface area contributed by atoms with E-state index in [0.29, 0.717) is 6.42 Å². The largest absolute Gasteiger partial charge is 0.463 e. The van der Waals surface area contributed by atoms with Crippen molar-refractivity contribution in [3.05, 3.63) is 12.2 Å². The van der Waals surface area contributed by atoms with Gasteiger partial charge < -0.3 is 19.7 Å². The number of ether oxygens (including phenoxy) is 2. The summed E-state index contributed by atoms with van der Waals surface area (Å²) in [6, 6.07) is 0. The zero-order chi connectivity index (χ0) is 16.6. The van der Waals surface area contributed by atoms with Crippen molar-refractivity contribution < 1.29 is 29.3 Å². The van der Waals surface area contributed by atoms with Crippen molar-refractivity contribution in [1.82, 2.24) is 0 Å². The van der Waals surface area contributed by atoms with Crippen molar-refractivity contribution in [3.8, 4) is 0 Å². The molecule has 2 N–H and O–H groups in total. The minimum absolute atomic E-state index is 0.0793.